The fourth-order valence-electron chi connectivity index (χ4n) is 3.12. The van der Waals surface area contributed by atoms with Gasteiger partial charge in [-0.15, -0.1) is 0 Å². The highest BCUT2D eigenvalue weighted by atomic mass is 16.5. The van der Waals surface area contributed by atoms with Gasteiger partial charge in [-0.1, -0.05) is 24.3 Å². The first kappa shape index (κ1) is 18.7. The molecule has 0 atom stereocenters. The van der Waals surface area contributed by atoms with Gasteiger partial charge >= 0.3 is 0 Å². The van der Waals surface area contributed by atoms with Gasteiger partial charge in [0.1, 0.15) is 11.5 Å². The zero-order chi connectivity index (χ0) is 19.4. The minimum Gasteiger partial charge on any atom is -0.457 e. The van der Waals surface area contributed by atoms with Gasteiger partial charge in [0.25, 0.3) is 5.91 Å². The van der Waals surface area contributed by atoms with Crippen LogP contribution in [-0.4, -0.2) is 27.6 Å². The summed E-state index contributed by atoms with van der Waals surface area (Å²) in [6.45, 7) is 7.45. The van der Waals surface area contributed by atoms with E-state index in [1.807, 2.05) is 74.1 Å². The molecule has 0 bridgehead atoms. The van der Waals surface area contributed by atoms with E-state index in [-0.39, 0.29) is 5.91 Å². The van der Waals surface area contributed by atoms with Gasteiger partial charge in [-0.2, -0.15) is 5.10 Å². The number of benzene rings is 2. The van der Waals surface area contributed by atoms with Crippen molar-refractivity contribution in [2.75, 3.05) is 7.05 Å². The molecule has 0 unspecified atom stereocenters. The van der Waals surface area contributed by atoms with Gasteiger partial charge in [-0.25, -0.2) is 0 Å². The zero-order valence-electron chi connectivity index (χ0n) is 16.3. The van der Waals surface area contributed by atoms with E-state index in [0.717, 1.165) is 29.2 Å². The molecule has 1 aromatic heterocycles. The normalized spacial score (nSPS) is 10.7. The Morgan fingerprint density at radius 2 is 1.78 bits per heavy atom. The fourth-order valence-corrected chi connectivity index (χ4v) is 3.12. The third-order valence-electron chi connectivity index (χ3n) is 4.63. The summed E-state index contributed by atoms with van der Waals surface area (Å²) in [5.41, 5.74) is 3.78. The number of ether oxygens (including phenoxy) is 1. The summed E-state index contributed by atoms with van der Waals surface area (Å²) in [6, 6.07) is 16.8. The first-order valence-corrected chi connectivity index (χ1v) is 9.11. The van der Waals surface area contributed by atoms with Crippen LogP contribution >= 0.6 is 0 Å². The van der Waals surface area contributed by atoms with Gasteiger partial charge < -0.3 is 9.64 Å². The summed E-state index contributed by atoms with van der Waals surface area (Å²) in [6.07, 6.45) is 0. The average Bonchev–Trinajstić information content (AvgIpc) is 2.96. The van der Waals surface area contributed by atoms with Crippen LogP contribution < -0.4 is 4.74 Å². The Bertz CT molecular complexity index is 932. The maximum absolute atomic E-state index is 12.9. The number of hydrogen-bond acceptors (Lipinski definition) is 3. The van der Waals surface area contributed by atoms with Crippen LogP contribution in [0.2, 0.25) is 0 Å². The van der Waals surface area contributed by atoms with Gasteiger partial charge in [0.15, 0.2) is 0 Å². The number of para-hydroxylation sites is 1. The lowest BCUT2D eigenvalue weighted by molar-refractivity contribution is 0.0784. The van der Waals surface area contributed by atoms with Gasteiger partial charge in [-0.3, -0.25) is 9.48 Å². The fraction of sp³-hybridized carbons (Fsp3) is 0.273. The second-order valence-electron chi connectivity index (χ2n) is 6.57. The highest BCUT2D eigenvalue weighted by Crippen LogP contribution is 2.23. The van der Waals surface area contributed by atoms with Crippen molar-refractivity contribution in [3.63, 3.8) is 0 Å². The Hall–Kier alpha value is -3.08. The number of rotatable bonds is 6. The van der Waals surface area contributed by atoms with Crippen LogP contribution in [0.5, 0.6) is 11.5 Å². The molecule has 140 valence electrons. The van der Waals surface area contributed by atoms with Crippen molar-refractivity contribution < 1.29 is 9.53 Å². The van der Waals surface area contributed by atoms with Crippen LogP contribution in [0.15, 0.2) is 54.6 Å². The molecule has 0 N–H and O–H groups in total. The van der Waals surface area contributed by atoms with Crippen LogP contribution in [0, 0.1) is 13.8 Å². The monoisotopic (exact) mass is 363 g/mol. The maximum atomic E-state index is 12.9. The number of aryl methyl sites for hydroxylation is 2. The minimum atomic E-state index is -0.0449. The minimum absolute atomic E-state index is 0.0449. The first-order chi connectivity index (χ1) is 13.0. The second-order valence-corrected chi connectivity index (χ2v) is 6.57. The van der Waals surface area contributed by atoms with Crippen molar-refractivity contribution in [2.45, 2.75) is 33.9 Å². The standard InChI is InChI=1S/C22H25N3O2/c1-5-25-17(3)21(16(2)23-25)15-24(4)22(26)18-10-9-13-20(14-18)27-19-11-7-6-8-12-19/h6-14H,5,15H2,1-4H3. The number of hydrogen-bond donors (Lipinski definition) is 0. The van der Waals surface area contributed by atoms with Crippen LogP contribution in [0.3, 0.4) is 0 Å². The SMILES string of the molecule is CCn1nc(C)c(CN(C)C(=O)c2cccc(Oc3ccccc3)c2)c1C. The largest absolute Gasteiger partial charge is 0.457 e. The molecule has 0 aliphatic rings. The van der Waals surface area contributed by atoms with E-state index in [2.05, 4.69) is 12.0 Å². The molecule has 5 nitrogen and oxygen atoms in total. The summed E-state index contributed by atoms with van der Waals surface area (Å²) in [5.74, 6) is 1.34. The molecule has 5 heteroatoms. The zero-order valence-corrected chi connectivity index (χ0v) is 16.3. The highest BCUT2D eigenvalue weighted by molar-refractivity contribution is 5.94. The number of carbonyl (C=O) groups is 1. The van der Waals surface area contributed by atoms with Gasteiger partial charge in [-0.05, 0) is 51.1 Å². The molecular formula is C22H25N3O2. The molecule has 0 saturated carbocycles. The molecular weight excluding hydrogens is 338 g/mol. The summed E-state index contributed by atoms with van der Waals surface area (Å²) in [4.78, 5) is 14.6. The molecule has 3 aromatic rings. The Balaban J connectivity index is 1.75. The van der Waals surface area contributed by atoms with Crippen molar-refractivity contribution in [1.82, 2.24) is 14.7 Å². The topological polar surface area (TPSA) is 47.4 Å². The third-order valence-corrected chi connectivity index (χ3v) is 4.63. The Morgan fingerprint density at radius 1 is 1.07 bits per heavy atom. The van der Waals surface area contributed by atoms with E-state index in [1.54, 1.807) is 11.0 Å². The van der Waals surface area contributed by atoms with E-state index in [4.69, 9.17) is 4.74 Å². The lowest BCUT2D eigenvalue weighted by Crippen LogP contribution is -2.26. The van der Waals surface area contributed by atoms with Crippen LogP contribution in [0.25, 0.3) is 0 Å². The van der Waals surface area contributed by atoms with Crippen LogP contribution in [0.4, 0.5) is 0 Å². The number of carbonyl (C=O) groups excluding carboxylic acids is 1. The summed E-state index contributed by atoms with van der Waals surface area (Å²) < 4.78 is 7.81. The highest BCUT2D eigenvalue weighted by Gasteiger charge is 2.17. The van der Waals surface area contributed by atoms with Gasteiger partial charge in [0.2, 0.25) is 0 Å². The molecule has 0 aliphatic carbocycles. The second kappa shape index (κ2) is 8.08. The molecule has 0 aliphatic heterocycles. The molecule has 0 saturated heterocycles. The Labute approximate surface area is 160 Å². The Morgan fingerprint density at radius 3 is 2.44 bits per heavy atom. The quantitative estimate of drug-likeness (QED) is 0.644. The molecule has 2 aromatic carbocycles. The van der Waals surface area contributed by atoms with E-state index < -0.39 is 0 Å². The number of nitrogens with zero attached hydrogens (tertiary/aromatic N) is 3. The summed E-state index contributed by atoms with van der Waals surface area (Å²) in [7, 11) is 1.81. The third kappa shape index (κ3) is 4.19. The molecule has 0 spiro atoms. The van der Waals surface area contributed by atoms with E-state index in [1.165, 1.54) is 0 Å². The van der Waals surface area contributed by atoms with Crippen molar-refractivity contribution in [3.05, 3.63) is 77.1 Å². The number of aromatic nitrogens is 2. The van der Waals surface area contributed by atoms with Crippen LogP contribution in [-0.2, 0) is 13.1 Å². The van der Waals surface area contributed by atoms with Crippen LogP contribution in [0.1, 0.15) is 34.2 Å². The van der Waals surface area contributed by atoms with Crippen molar-refractivity contribution in [3.8, 4) is 11.5 Å². The van der Waals surface area contributed by atoms with Gasteiger partial charge in [0.05, 0.1) is 5.69 Å². The Kier molecular flexibility index (Phi) is 5.60. The first-order valence-electron chi connectivity index (χ1n) is 9.11. The molecule has 0 fully saturated rings. The molecule has 1 heterocycles. The molecule has 1 amide bonds. The summed E-state index contributed by atoms with van der Waals surface area (Å²) in [5, 5.41) is 4.53. The summed E-state index contributed by atoms with van der Waals surface area (Å²) >= 11 is 0. The smallest absolute Gasteiger partial charge is 0.254 e. The predicted octanol–water partition coefficient (Wildman–Crippen LogP) is 4.58. The molecule has 0 radical (unpaired) electrons. The lowest BCUT2D eigenvalue weighted by atomic mass is 10.1. The van der Waals surface area contributed by atoms with Crippen molar-refractivity contribution in [2.24, 2.45) is 0 Å². The molecule has 3 rings (SSSR count). The maximum Gasteiger partial charge on any atom is 0.254 e. The van der Waals surface area contributed by atoms with E-state index in [9.17, 15) is 4.79 Å². The lowest BCUT2D eigenvalue weighted by Gasteiger charge is -2.18. The van der Waals surface area contributed by atoms with E-state index >= 15 is 0 Å². The van der Waals surface area contributed by atoms with Crippen molar-refractivity contribution in [1.29, 1.82) is 0 Å². The molecule has 27 heavy (non-hydrogen) atoms. The van der Waals surface area contributed by atoms with Gasteiger partial charge in [0, 0.05) is 37.0 Å². The number of amides is 1. The average molecular weight is 363 g/mol. The van der Waals surface area contributed by atoms with Crippen molar-refractivity contribution >= 4 is 5.91 Å². The van der Waals surface area contributed by atoms with E-state index in [0.29, 0.717) is 17.9 Å². The predicted molar refractivity (Wildman–Crippen MR) is 106 cm³/mol.